The maximum atomic E-state index is 12.0. The van der Waals surface area contributed by atoms with Gasteiger partial charge in [-0.2, -0.15) is 5.26 Å². The second-order valence-corrected chi connectivity index (χ2v) is 4.49. The highest BCUT2D eigenvalue weighted by Gasteiger charge is 2.23. The number of nitriles is 1. The molecule has 0 amide bonds. The Morgan fingerprint density at radius 2 is 2.22 bits per heavy atom. The average molecular weight is 244 g/mol. The minimum Gasteiger partial charge on any atom is -0.380 e. The third-order valence-electron chi connectivity index (χ3n) is 3.27. The molecule has 1 aromatic carbocycles. The topological polar surface area (TPSA) is 53.3 Å². The van der Waals surface area contributed by atoms with Gasteiger partial charge in [0.15, 0.2) is 5.78 Å². The third-order valence-corrected chi connectivity index (χ3v) is 3.27. The zero-order chi connectivity index (χ0) is 13.0. The van der Waals surface area contributed by atoms with Gasteiger partial charge in [0.1, 0.15) is 0 Å². The average Bonchev–Trinajstić information content (AvgIpc) is 2.86. The van der Waals surface area contributed by atoms with Gasteiger partial charge < -0.3 is 4.74 Å². The summed E-state index contributed by atoms with van der Waals surface area (Å²) in [6, 6.07) is 8.82. The molecule has 1 unspecified atom stereocenters. The van der Waals surface area contributed by atoms with Gasteiger partial charge in [0.05, 0.1) is 24.3 Å². The van der Waals surface area contributed by atoms with E-state index in [0.29, 0.717) is 17.7 Å². The van der Waals surface area contributed by atoms with Gasteiger partial charge in [-0.05, 0) is 18.6 Å². The van der Waals surface area contributed by atoms with Crippen LogP contribution in [-0.4, -0.2) is 43.5 Å². The molecule has 1 aliphatic rings. The van der Waals surface area contributed by atoms with Crippen molar-refractivity contribution >= 4 is 5.78 Å². The first-order valence-corrected chi connectivity index (χ1v) is 6.01. The van der Waals surface area contributed by atoms with Gasteiger partial charge in [-0.15, -0.1) is 0 Å². The first-order valence-electron chi connectivity index (χ1n) is 6.01. The summed E-state index contributed by atoms with van der Waals surface area (Å²) < 4.78 is 5.27. The van der Waals surface area contributed by atoms with Crippen molar-refractivity contribution in [3.63, 3.8) is 0 Å². The third kappa shape index (κ3) is 2.95. The van der Waals surface area contributed by atoms with Gasteiger partial charge in [-0.1, -0.05) is 12.1 Å². The lowest BCUT2D eigenvalue weighted by atomic mass is 10.1. The van der Waals surface area contributed by atoms with E-state index >= 15 is 0 Å². The molecule has 0 spiro atoms. The van der Waals surface area contributed by atoms with Crippen LogP contribution in [0.25, 0.3) is 0 Å². The van der Waals surface area contributed by atoms with Gasteiger partial charge in [0.2, 0.25) is 0 Å². The van der Waals surface area contributed by atoms with Gasteiger partial charge in [-0.25, -0.2) is 0 Å². The molecule has 1 aliphatic heterocycles. The first-order chi connectivity index (χ1) is 8.72. The fraction of sp³-hybridized carbons (Fsp3) is 0.429. The highest BCUT2D eigenvalue weighted by atomic mass is 16.5. The number of Topliss-reactive ketones (excluding diaryl/α,β-unsaturated/α-hetero) is 1. The molecule has 0 aromatic heterocycles. The Hall–Kier alpha value is -1.70. The number of rotatable bonds is 4. The van der Waals surface area contributed by atoms with E-state index in [2.05, 4.69) is 4.90 Å². The summed E-state index contributed by atoms with van der Waals surface area (Å²) in [5.74, 6) is 0.0937. The fourth-order valence-corrected chi connectivity index (χ4v) is 2.16. The minimum absolute atomic E-state index is 0.0937. The second kappa shape index (κ2) is 5.76. The summed E-state index contributed by atoms with van der Waals surface area (Å²) in [5.41, 5.74) is 1.24. The summed E-state index contributed by atoms with van der Waals surface area (Å²) in [4.78, 5) is 14.1. The molecule has 0 saturated carbocycles. The van der Waals surface area contributed by atoms with Gasteiger partial charge in [-0.3, -0.25) is 9.69 Å². The first kappa shape index (κ1) is 12.7. The largest absolute Gasteiger partial charge is 0.380 e. The Labute approximate surface area is 107 Å². The number of ether oxygens (including phenoxy) is 1. The molecule has 0 aliphatic carbocycles. The zero-order valence-electron chi connectivity index (χ0n) is 10.4. The molecule has 94 valence electrons. The molecule has 1 fully saturated rings. The van der Waals surface area contributed by atoms with Crippen LogP contribution >= 0.6 is 0 Å². The number of methoxy groups -OCH3 is 1. The van der Waals surface area contributed by atoms with Crippen LogP contribution in [0.4, 0.5) is 0 Å². The van der Waals surface area contributed by atoms with Gasteiger partial charge in [0, 0.05) is 25.8 Å². The van der Waals surface area contributed by atoms with E-state index in [9.17, 15) is 4.79 Å². The molecular formula is C14H16N2O2. The Balaban J connectivity index is 1.93. The Morgan fingerprint density at radius 3 is 2.78 bits per heavy atom. The molecule has 1 saturated heterocycles. The predicted octanol–water partition coefficient (Wildman–Crippen LogP) is 1.46. The maximum Gasteiger partial charge on any atom is 0.176 e. The fourth-order valence-electron chi connectivity index (χ4n) is 2.16. The molecule has 0 bridgehead atoms. The van der Waals surface area contributed by atoms with Crippen molar-refractivity contribution in [2.24, 2.45) is 0 Å². The molecule has 1 heterocycles. The summed E-state index contributed by atoms with van der Waals surface area (Å²) in [5, 5.41) is 8.70. The number of carbonyl (C=O) groups excluding carboxylic acids is 1. The summed E-state index contributed by atoms with van der Waals surface area (Å²) in [6.07, 6.45) is 1.23. The van der Waals surface area contributed by atoms with E-state index < -0.39 is 0 Å². The highest BCUT2D eigenvalue weighted by Crippen LogP contribution is 2.13. The Bertz CT molecular complexity index is 462. The van der Waals surface area contributed by atoms with Crippen LogP contribution in [0, 0.1) is 11.3 Å². The minimum atomic E-state index is 0.0937. The van der Waals surface area contributed by atoms with Gasteiger partial charge >= 0.3 is 0 Å². The van der Waals surface area contributed by atoms with Crippen LogP contribution in [0.15, 0.2) is 24.3 Å². The van der Waals surface area contributed by atoms with Crippen LogP contribution in [0.2, 0.25) is 0 Å². The van der Waals surface area contributed by atoms with Crippen molar-refractivity contribution < 1.29 is 9.53 Å². The number of likely N-dealkylation sites (tertiary alicyclic amines) is 1. The van der Waals surface area contributed by atoms with E-state index in [0.717, 1.165) is 19.5 Å². The molecule has 4 nitrogen and oxygen atoms in total. The quantitative estimate of drug-likeness (QED) is 0.752. The second-order valence-electron chi connectivity index (χ2n) is 4.49. The van der Waals surface area contributed by atoms with Crippen LogP contribution in [0.3, 0.4) is 0 Å². The van der Waals surface area contributed by atoms with Crippen molar-refractivity contribution in [3.8, 4) is 6.07 Å². The monoisotopic (exact) mass is 244 g/mol. The molecule has 2 rings (SSSR count). The van der Waals surface area contributed by atoms with Crippen molar-refractivity contribution in [2.75, 3.05) is 26.7 Å². The molecule has 4 heteroatoms. The van der Waals surface area contributed by atoms with Crippen molar-refractivity contribution in [1.82, 2.24) is 4.90 Å². The van der Waals surface area contributed by atoms with Crippen LogP contribution in [0.5, 0.6) is 0 Å². The predicted molar refractivity (Wildman–Crippen MR) is 67.3 cm³/mol. The van der Waals surface area contributed by atoms with Crippen LogP contribution in [-0.2, 0) is 4.74 Å². The van der Waals surface area contributed by atoms with Gasteiger partial charge in [0.25, 0.3) is 0 Å². The molecule has 0 radical (unpaired) electrons. The lowest BCUT2D eigenvalue weighted by Gasteiger charge is -2.14. The smallest absolute Gasteiger partial charge is 0.176 e. The number of hydrogen-bond donors (Lipinski definition) is 0. The lowest BCUT2D eigenvalue weighted by Crippen LogP contribution is -2.29. The van der Waals surface area contributed by atoms with E-state index in [1.54, 1.807) is 31.4 Å². The Kier molecular flexibility index (Phi) is 4.08. The standard InChI is InChI=1S/C14H16N2O2/c1-18-13-6-7-16(9-13)10-14(17)12-4-2-11(8-15)3-5-12/h2-5,13H,6-7,9-10H2,1H3. The number of ketones is 1. The molecule has 18 heavy (non-hydrogen) atoms. The van der Waals surface area contributed by atoms with E-state index in [-0.39, 0.29) is 11.9 Å². The van der Waals surface area contributed by atoms with Crippen molar-refractivity contribution in [3.05, 3.63) is 35.4 Å². The van der Waals surface area contributed by atoms with Crippen molar-refractivity contribution in [2.45, 2.75) is 12.5 Å². The van der Waals surface area contributed by atoms with Crippen molar-refractivity contribution in [1.29, 1.82) is 5.26 Å². The zero-order valence-corrected chi connectivity index (χ0v) is 10.4. The van der Waals surface area contributed by atoms with E-state index in [4.69, 9.17) is 10.00 Å². The van der Waals surface area contributed by atoms with E-state index in [1.165, 1.54) is 0 Å². The normalized spacial score (nSPS) is 19.7. The molecule has 1 atom stereocenters. The number of carbonyl (C=O) groups is 1. The molecule has 0 N–H and O–H groups in total. The van der Waals surface area contributed by atoms with Crippen LogP contribution < -0.4 is 0 Å². The Morgan fingerprint density at radius 1 is 1.50 bits per heavy atom. The van der Waals surface area contributed by atoms with E-state index in [1.807, 2.05) is 6.07 Å². The maximum absolute atomic E-state index is 12.0. The highest BCUT2D eigenvalue weighted by molar-refractivity contribution is 5.97. The number of benzene rings is 1. The lowest BCUT2D eigenvalue weighted by molar-refractivity contribution is 0.0899. The summed E-state index contributed by atoms with van der Waals surface area (Å²) in [7, 11) is 1.70. The SMILES string of the molecule is COC1CCN(CC(=O)c2ccc(C#N)cc2)C1. The van der Waals surface area contributed by atoms with Crippen LogP contribution in [0.1, 0.15) is 22.3 Å². The summed E-state index contributed by atoms with van der Waals surface area (Å²) >= 11 is 0. The number of hydrogen-bond acceptors (Lipinski definition) is 4. The molecular weight excluding hydrogens is 228 g/mol. The number of nitrogens with zero attached hydrogens (tertiary/aromatic N) is 2. The summed E-state index contributed by atoms with van der Waals surface area (Å²) in [6.45, 7) is 2.14. The molecule has 1 aromatic rings.